The van der Waals surface area contributed by atoms with E-state index in [2.05, 4.69) is 11.4 Å². The summed E-state index contributed by atoms with van der Waals surface area (Å²) in [6.45, 7) is 0.939. The molecule has 1 N–H and O–H groups in total. The summed E-state index contributed by atoms with van der Waals surface area (Å²) in [7, 11) is -3.18. The molecule has 2 heterocycles. The zero-order valence-electron chi connectivity index (χ0n) is 14.2. The molecule has 1 aliphatic heterocycles. The number of hydrogen-bond donors (Lipinski definition) is 1. The average molecular weight is 371 g/mol. The van der Waals surface area contributed by atoms with Crippen molar-refractivity contribution in [3.05, 3.63) is 21.4 Å². The van der Waals surface area contributed by atoms with Crippen LogP contribution in [0.1, 0.15) is 58.6 Å². The van der Waals surface area contributed by atoms with Gasteiger partial charge >= 0.3 is 0 Å². The predicted molar refractivity (Wildman–Crippen MR) is 97.1 cm³/mol. The van der Waals surface area contributed by atoms with Crippen LogP contribution in [0.2, 0.25) is 0 Å². The Hall–Kier alpha value is -0.920. The van der Waals surface area contributed by atoms with Crippen molar-refractivity contribution >= 4 is 27.3 Å². The van der Waals surface area contributed by atoms with Gasteiger partial charge in [-0.1, -0.05) is 12.8 Å². The smallest absolute Gasteiger partial charge is 0.261 e. The van der Waals surface area contributed by atoms with E-state index in [4.69, 9.17) is 0 Å². The molecule has 0 spiro atoms. The molecule has 1 saturated heterocycles. The number of sulfonamides is 1. The SMILES string of the molecule is CS(=O)(=O)N1CCC[C@@H](NC(=O)c2cc3c(s2)CCCCCC3)C1. The number of piperidine rings is 1. The highest BCUT2D eigenvalue weighted by molar-refractivity contribution is 7.88. The van der Waals surface area contributed by atoms with Gasteiger partial charge in [0.2, 0.25) is 10.0 Å². The summed E-state index contributed by atoms with van der Waals surface area (Å²) in [5, 5.41) is 3.04. The highest BCUT2D eigenvalue weighted by atomic mass is 32.2. The highest BCUT2D eigenvalue weighted by Gasteiger charge is 2.27. The summed E-state index contributed by atoms with van der Waals surface area (Å²) in [4.78, 5) is 14.7. The largest absolute Gasteiger partial charge is 0.347 e. The fourth-order valence-corrected chi connectivity index (χ4v) is 5.64. The van der Waals surface area contributed by atoms with E-state index in [9.17, 15) is 13.2 Å². The van der Waals surface area contributed by atoms with Gasteiger partial charge < -0.3 is 5.32 Å². The molecule has 5 nitrogen and oxygen atoms in total. The summed E-state index contributed by atoms with van der Waals surface area (Å²) >= 11 is 1.62. The van der Waals surface area contributed by atoms with Gasteiger partial charge in [0.1, 0.15) is 0 Å². The lowest BCUT2D eigenvalue weighted by molar-refractivity contribution is 0.0925. The van der Waals surface area contributed by atoms with Gasteiger partial charge in [-0.25, -0.2) is 12.7 Å². The Balaban J connectivity index is 1.65. The van der Waals surface area contributed by atoms with Crippen LogP contribution >= 0.6 is 11.3 Å². The van der Waals surface area contributed by atoms with Crippen LogP contribution in [0.5, 0.6) is 0 Å². The van der Waals surface area contributed by atoms with E-state index in [1.54, 1.807) is 11.3 Å². The Labute approximate surface area is 148 Å². The Morgan fingerprint density at radius 3 is 2.71 bits per heavy atom. The van der Waals surface area contributed by atoms with Crippen LogP contribution < -0.4 is 5.32 Å². The van der Waals surface area contributed by atoms with Gasteiger partial charge in [-0.15, -0.1) is 11.3 Å². The minimum absolute atomic E-state index is 0.0490. The molecule has 3 rings (SSSR count). The molecule has 1 amide bonds. The van der Waals surface area contributed by atoms with E-state index >= 15 is 0 Å². The first kappa shape index (κ1) is 17.9. The minimum Gasteiger partial charge on any atom is -0.347 e. The number of carbonyl (C=O) groups is 1. The topological polar surface area (TPSA) is 66.5 Å². The minimum atomic E-state index is -3.18. The average Bonchev–Trinajstić information content (AvgIpc) is 2.89. The van der Waals surface area contributed by atoms with E-state index in [0.717, 1.165) is 30.6 Å². The van der Waals surface area contributed by atoms with Gasteiger partial charge in [0, 0.05) is 24.0 Å². The molecule has 134 valence electrons. The molecule has 1 aromatic rings. The molecule has 0 saturated carbocycles. The second kappa shape index (κ2) is 7.54. The van der Waals surface area contributed by atoms with Crippen LogP contribution in [-0.2, 0) is 22.9 Å². The summed E-state index contributed by atoms with van der Waals surface area (Å²) in [5.74, 6) is -0.0490. The molecule has 0 aromatic carbocycles. The van der Waals surface area contributed by atoms with Crippen LogP contribution in [0.15, 0.2) is 6.07 Å². The van der Waals surface area contributed by atoms with Gasteiger partial charge in [0.15, 0.2) is 0 Å². The van der Waals surface area contributed by atoms with Gasteiger partial charge in [-0.05, 0) is 50.2 Å². The third-order valence-corrected chi connectivity index (χ3v) is 7.41. The number of amides is 1. The zero-order chi connectivity index (χ0) is 17.2. The second-order valence-electron chi connectivity index (χ2n) is 6.91. The molecule has 2 aliphatic rings. The van der Waals surface area contributed by atoms with Crippen LogP contribution in [0, 0.1) is 0 Å². The van der Waals surface area contributed by atoms with E-state index < -0.39 is 10.0 Å². The second-order valence-corrected chi connectivity index (χ2v) is 10.0. The summed E-state index contributed by atoms with van der Waals surface area (Å²) in [5.41, 5.74) is 1.34. The summed E-state index contributed by atoms with van der Waals surface area (Å²) in [6, 6.07) is 1.96. The monoisotopic (exact) mass is 370 g/mol. The maximum Gasteiger partial charge on any atom is 0.261 e. The number of thiophene rings is 1. The van der Waals surface area contributed by atoms with Crippen LogP contribution in [0.4, 0.5) is 0 Å². The first-order chi connectivity index (χ1) is 11.4. The number of nitrogens with one attached hydrogen (secondary N) is 1. The lowest BCUT2D eigenvalue weighted by atomic mass is 10.00. The fourth-order valence-electron chi connectivity index (χ4n) is 3.57. The number of fused-ring (bicyclic) bond motifs is 1. The van der Waals surface area contributed by atoms with E-state index in [1.807, 2.05) is 0 Å². The molecule has 1 aliphatic carbocycles. The lowest BCUT2D eigenvalue weighted by Crippen LogP contribution is -2.49. The van der Waals surface area contributed by atoms with Crippen molar-refractivity contribution in [2.24, 2.45) is 0 Å². The Kier molecular flexibility index (Phi) is 5.62. The van der Waals surface area contributed by atoms with Crippen molar-refractivity contribution in [3.63, 3.8) is 0 Å². The molecule has 24 heavy (non-hydrogen) atoms. The first-order valence-corrected chi connectivity index (χ1v) is 11.5. The summed E-state index contributed by atoms with van der Waals surface area (Å²) < 4.78 is 24.9. The molecular formula is C17H26N2O3S2. The third kappa shape index (κ3) is 4.37. The molecule has 7 heteroatoms. The highest BCUT2D eigenvalue weighted by Crippen LogP contribution is 2.28. The van der Waals surface area contributed by atoms with Crippen molar-refractivity contribution < 1.29 is 13.2 Å². The molecule has 0 bridgehead atoms. The fraction of sp³-hybridized carbons (Fsp3) is 0.706. The quantitative estimate of drug-likeness (QED) is 0.889. The van der Waals surface area contributed by atoms with Crippen LogP contribution in [0.3, 0.4) is 0 Å². The van der Waals surface area contributed by atoms with Crippen molar-refractivity contribution in [2.45, 2.75) is 57.4 Å². The maximum atomic E-state index is 12.6. The van der Waals surface area contributed by atoms with Gasteiger partial charge in [-0.3, -0.25) is 4.79 Å². The standard InChI is InChI=1S/C17H26N2O3S2/c1-24(21,22)19-10-6-8-14(12-19)18-17(20)16-11-13-7-4-2-3-5-9-15(13)23-16/h11,14H,2-10,12H2,1H3,(H,18,20)/t14-/m1/s1. The van der Waals surface area contributed by atoms with Gasteiger partial charge in [-0.2, -0.15) is 0 Å². The summed E-state index contributed by atoms with van der Waals surface area (Å²) in [6.07, 6.45) is 9.99. The van der Waals surface area contributed by atoms with Crippen molar-refractivity contribution in [1.29, 1.82) is 0 Å². The normalized spacial score (nSPS) is 23.1. The Bertz CT molecular complexity index is 671. The number of carbonyl (C=O) groups excluding carboxylic acids is 1. The zero-order valence-corrected chi connectivity index (χ0v) is 15.8. The van der Waals surface area contributed by atoms with E-state index in [0.29, 0.717) is 13.1 Å². The van der Waals surface area contributed by atoms with Crippen molar-refractivity contribution in [2.75, 3.05) is 19.3 Å². The number of rotatable bonds is 3. The van der Waals surface area contributed by atoms with Crippen LogP contribution in [-0.4, -0.2) is 44.0 Å². The number of hydrogen-bond acceptors (Lipinski definition) is 4. The Morgan fingerprint density at radius 2 is 1.96 bits per heavy atom. The van der Waals surface area contributed by atoms with E-state index in [-0.39, 0.29) is 11.9 Å². The van der Waals surface area contributed by atoms with Gasteiger partial charge in [0.05, 0.1) is 11.1 Å². The van der Waals surface area contributed by atoms with Crippen molar-refractivity contribution in [1.82, 2.24) is 9.62 Å². The van der Waals surface area contributed by atoms with Crippen molar-refractivity contribution in [3.8, 4) is 0 Å². The molecule has 1 fully saturated rings. The van der Waals surface area contributed by atoms with E-state index in [1.165, 1.54) is 46.7 Å². The van der Waals surface area contributed by atoms with Crippen LogP contribution in [0.25, 0.3) is 0 Å². The number of nitrogens with zero attached hydrogens (tertiary/aromatic N) is 1. The molecule has 0 unspecified atom stereocenters. The molecule has 1 aromatic heterocycles. The number of aryl methyl sites for hydroxylation is 2. The van der Waals surface area contributed by atoms with Gasteiger partial charge in [0.25, 0.3) is 5.91 Å². The Morgan fingerprint density at radius 1 is 1.21 bits per heavy atom. The lowest BCUT2D eigenvalue weighted by Gasteiger charge is -2.31. The third-order valence-electron chi connectivity index (χ3n) is 4.91. The first-order valence-electron chi connectivity index (χ1n) is 8.81. The molecule has 0 radical (unpaired) electrons. The maximum absolute atomic E-state index is 12.6. The molecular weight excluding hydrogens is 344 g/mol. The predicted octanol–water partition coefficient (Wildman–Crippen LogP) is 2.56. The molecule has 1 atom stereocenters.